The molecule has 0 spiro atoms. The Morgan fingerprint density at radius 3 is 2.65 bits per heavy atom. The first-order chi connectivity index (χ1) is 12.5. The summed E-state index contributed by atoms with van der Waals surface area (Å²) in [5.74, 6) is 0.494. The Kier molecular flexibility index (Phi) is 4.34. The maximum Gasteiger partial charge on any atom is 0.269 e. The quantitative estimate of drug-likeness (QED) is 0.437. The van der Waals surface area contributed by atoms with Crippen LogP contribution in [0.1, 0.15) is 10.9 Å². The lowest BCUT2D eigenvalue weighted by atomic mass is 10.1. The Balaban J connectivity index is 1.68. The van der Waals surface area contributed by atoms with Gasteiger partial charge in [0.1, 0.15) is 11.4 Å². The highest BCUT2D eigenvalue weighted by molar-refractivity contribution is 7.99. The molecule has 2 aromatic rings. The third-order valence-electron chi connectivity index (χ3n) is 4.37. The van der Waals surface area contributed by atoms with Gasteiger partial charge in [-0.15, -0.1) is 11.8 Å². The van der Waals surface area contributed by atoms with Crippen molar-refractivity contribution in [1.29, 1.82) is 0 Å². The number of benzene rings is 2. The second kappa shape index (κ2) is 6.53. The Morgan fingerprint density at radius 1 is 1.23 bits per heavy atom. The number of nitrogens with zero attached hydrogens (tertiary/aromatic N) is 3. The molecular formula is C17H12ClN3O3S2. The highest BCUT2D eigenvalue weighted by atomic mass is 35.5. The Morgan fingerprint density at radius 2 is 1.96 bits per heavy atom. The van der Waals surface area contributed by atoms with Crippen LogP contribution in [0, 0.1) is 10.1 Å². The highest BCUT2D eigenvalue weighted by Crippen LogP contribution is 2.46. The van der Waals surface area contributed by atoms with Crippen LogP contribution in [0.5, 0.6) is 0 Å². The lowest BCUT2D eigenvalue weighted by Gasteiger charge is -2.25. The van der Waals surface area contributed by atoms with Gasteiger partial charge >= 0.3 is 0 Å². The summed E-state index contributed by atoms with van der Waals surface area (Å²) in [5.41, 5.74) is 1.46. The van der Waals surface area contributed by atoms with Crippen LogP contribution < -0.4 is 4.90 Å². The molecule has 132 valence electrons. The van der Waals surface area contributed by atoms with Crippen LogP contribution in [0.25, 0.3) is 0 Å². The summed E-state index contributed by atoms with van der Waals surface area (Å²) in [4.78, 5) is 26.9. The maximum absolute atomic E-state index is 12.9. The molecule has 6 nitrogen and oxygen atoms in total. The average Bonchev–Trinajstić information content (AvgIpc) is 3.17. The molecule has 2 heterocycles. The molecule has 2 aliphatic rings. The Hall–Kier alpha value is -2.16. The van der Waals surface area contributed by atoms with Gasteiger partial charge in [0.05, 0.1) is 10.6 Å². The minimum Gasteiger partial charge on any atom is -0.319 e. The predicted octanol–water partition coefficient (Wildman–Crippen LogP) is 4.00. The van der Waals surface area contributed by atoms with E-state index in [1.54, 1.807) is 42.1 Å². The van der Waals surface area contributed by atoms with Crippen LogP contribution in [-0.2, 0) is 4.79 Å². The molecule has 2 saturated heterocycles. The van der Waals surface area contributed by atoms with Gasteiger partial charge in [0.2, 0.25) is 0 Å². The van der Waals surface area contributed by atoms with Crippen molar-refractivity contribution < 1.29 is 9.72 Å². The van der Waals surface area contributed by atoms with E-state index in [9.17, 15) is 14.9 Å². The summed E-state index contributed by atoms with van der Waals surface area (Å²) in [5, 5.41) is 11.8. The molecule has 0 saturated carbocycles. The van der Waals surface area contributed by atoms with Crippen molar-refractivity contribution in [3.05, 3.63) is 69.2 Å². The third-order valence-corrected chi connectivity index (χ3v) is 6.34. The number of carbonyl (C=O) groups is 1. The van der Waals surface area contributed by atoms with E-state index in [-0.39, 0.29) is 23.0 Å². The number of amides is 1. The number of thioether (sulfide) groups is 1. The second-order valence-electron chi connectivity index (χ2n) is 5.89. The number of anilines is 1. The number of nitro benzene ring substituents is 1. The number of thiocarbonyl (C=S) groups is 1. The van der Waals surface area contributed by atoms with Crippen molar-refractivity contribution in [3.8, 4) is 0 Å². The van der Waals surface area contributed by atoms with Gasteiger partial charge in [0.25, 0.3) is 11.6 Å². The van der Waals surface area contributed by atoms with Crippen LogP contribution in [0.2, 0.25) is 5.02 Å². The Bertz CT molecular complexity index is 922. The lowest BCUT2D eigenvalue weighted by Crippen LogP contribution is -2.33. The molecule has 0 radical (unpaired) electrons. The summed E-state index contributed by atoms with van der Waals surface area (Å²) in [6.07, 6.45) is 0. The lowest BCUT2D eigenvalue weighted by molar-refractivity contribution is -0.384. The van der Waals surface area contributed by atoms with Crippen LogP contribution in [0.3, 0.4) is 0 Å². The molecule has 0 aromatic heterocycles. The van der Waals surface area contributed by atoms with Crippen molar-refractivity contribution in [1.82, 2.24) is 4.90 Å². The molecule has 0 bridgehead atoms. The number of carbonyl (C=O) groups excluding carboxylic acids is 1. The fourth-order valence-electron chi connectivity index (χ4n) is 3.17. The van der Waals surface area contributed by atoms with E-state index in [4.69, 9.17) is 23.8 Å². The van der Waals surface area contributed by atoms with Crippen molar-refractivity contribution >= 4 is 58.0 Å². The number of rotatable bonds is 3. The number of hydrogen-bond acceptors (Lipinski definition) is 5. The molecule has 2 atom stereocenters. The second-order valence-corrected chi connectivity index (χ2v) is 7.81. The molecular weight excluding hydrogens is 394 g/mol. The number of halogens is 1. The van der Waals surface area contributed by atoms with Gasteiger partial charge in [-0.05, 0) is 42.0 Å². The van der Waals surface area contributed by atoms with Gasteiger partial charge in [-0.25, -0.2) is 0 Å². The molecule has 4 rings (SSSR count). The van der Waals surface area contributed by atoms with Crippen LogP contribution >= 0.6 is 35.6 Å². The normalized spacial score (nSPS) is 22.0. The van der Waals surface area contributed by atoms with Crippen molar-refractivity contribution in [2.24, 2.45) is 0 Å². The maximum atomic E-state index is 12.9. The fraction of sp³-hybridized carbons (Fsp3) is 0.176. The fourth-order valence-corrected chi connectivity index (χ4v) is 5.20. The summed E-state index contributed by atoms with van der Waals surface area (Å²) < 4.78 is 0. The number of nitro groups is 1. The third kappa shape index (κ3) is 2.74. The molecule has 2 unspecified atom stereocenters. The standard InChI is InChI=1S/C17H12ClN3O3S2/c18-11-4-6-12(7-5-11)19-15(22)14-9-26-16(20(14)17(19)25)10-2-1-3-13(8-10)21(23)24/h1-8,14,16H,9H2. The van der Waals surface area contributed by atoms with Crippen molar-refractivity contribution in [2.45, 2.75) is 11.4 Å². The molecule has 1 amide bonds. The zero-order valence-electron chi connectivity index (χ0n) is 13.2. The smallest absolute Gasteiger partial charge is 0.269 e. The van der Waals surface area contributed by atoms with Gasteiger partial charge in [-0.1, -0.05) is 23.7 Å². The first-order valence-electron chi connectivity index (χ1n) is 7.75. The van der Waals surface area contributed by atoms with Gasteiger partial charge in [0, 0.05) is 22.9 Å². The van der Waals surface area contributed by atoms with Crippen LogP contribution in [0.4, 0.5) is 11.4 Å². The largest absolute Gasteiger partial charge is 0.319 e. The summed E-state index contributed by atoms with van der Waals surface area (Å²) in [7, 11) is 0. The van der Waals surface area contributed by atoms with Crippen LogP contribution in [-0.4, -0.2) is 32.6 Å². The van der Waals surface area contributed by atoms with Crippen LogP contribution in [0.15, 0.2) is 48.5 Å². The minimum atomic E-state index is -0.423. The monoisotopic (exact) mass is 405 g/mol. The summed E-state index contributed by atoms with van der Waals surface area (Å²) in [6.45, 7) is 0. The van der Waals surface area contributed by atoms with Crippen molar-refractivity contribution in [3.63, 3.8) is 0 Å². The molecule has 9 heteroatoms. The molecule has 0 N–H and O–H groups in total. The van der Waals surface area contributed by atoms with E-state index >= 15 is 0 Å². The van der Waals surface area contributed by atoms with E-state index in [2.05, 4.69) is 0 Å². The first kappa shape index (κ1) is 17.3. The predicted molar refractivity (Wildman–Crippen MR) is 105 cm³/mol. The van der Waals surface area contributed by atoms with E-state index in [0.717, 1.165) is 5.56 Å². The van der Waals surface area contributed by atoms with Crippen molar-refractivity contribution in [2.75, 3.05) is 10.7 Å². The van der Waals surface area contributed by atoms with Gasteiger partial charge in [0.15, 0.2) is 5.11 Å². The average molecular weight is 406 g/mol. The molecule has 0 aliphatic carbocycles. The molecule has 2 aliphatic heterocycles. The van der Waals surface area contributed by atoms with E-state index in [1.165, 1.54) is 17.0 Å². The van der Waals surface area contributed by atoms with Gasteiger partial charge in [-0.2, -0.15) is 0 Å². The topological polar surface area (TPSA) is 66.7 Å². The zero-order chi connectivity index (χ0) is 18.4. The van der Waals surface area contributed by atoms with E-state index in [1.807, 2.05) is 11.0 Å². The first-order valence-corrected chi connectivity index (χ1v) is 9.58. The SMILES string of the molecule is O=C1C2CSC(c3cccc([N+](=O)[O-])c3)N2C(=S)N1c1ccc(Cl)cc1. The molecule has 26 heavy (non-hydrogen) atoms. The van der Waals surface area contributed by atoms with E-state index < -0.39 is 4.92 Å². The number of non-ortho nitro benzene ring substituents is 1. The van der Waals surface area contributed by atoms with Gasteiger partial charge < -0.3 is 4.90 Å². The molecule has 2 aromatic carbocycles. The van der Waals surface area contributed by atoms with Gasteiger partial charge in [-0.3, -0.25) is 19.8 Å². The zero-order valence-corrected chi connectivity index (χ0v) is 15.6. The number of fused-ring (bicyclic) bond motifs is 1. The Labute approximate surface area is 163 Å². The number of hydrogen-bond donors (Lipinski definition) is 0. The summed E-state index contributed by atoms with van der Waals surface area (Å²) >= 11 is 13.1. The molecule has 2 fully saturated rings. The highest BCUT2D eigenvalue weighted by Gasteiger charge is 2.50. The summed E-state index contributed by atoms with van der Waals surface area (Å²) in [6, 6.07) is 13.0. The minimum absolute atomic E-state index is 0.0255. The van der Waals surface area contributed by atoms with E-state index in [0.29, 0.717) is 21.6 Å².